The molecule has 0 spiro atoms. The number of hydrogen-bond donors (Lipinski definition) is 2. The maximum Gasteiger partial charge on any atom is 0.226 e. The van der Waals surface area contributed by atoms with Crippen molar-refractivity contribution in [2.45, 2.75) is 45.7 Å². The highest BCUT2D eigenvalue weighted by atomic mass is 32.1. The van der Waals surface area contributed by atoms with Crippen LogP contribution in [0, 0.1) is 13.8 Å². The molecule has 1 amide bonds. The lowest BCUT2D eigenvalue weighted by molar-refractivity contribution is -0.116. The van der Waals surface area contributed by atoms with Crippen molar-refractivity contribution in [1.82, 2.24) is 24.8 Å². The maximum atomic E-state index is 13.0. The third-order valence-electron chi connectivity index (χ3n) is 6.85. The molecule has 0 unspecified atom stereocenters. The average molecular weight is 531 g/mol. The van der Waals surface area contributed by atoms with E-state index in [9.17, 15) is 4.79 Å². The van der Waals surface area contributed by atoms with E-state index in [1.54, 1.807) is 17.5 Å². The third kappa shape index (κ3) is 5.01. The first-order valence-corrected chi connectivity index (χ1v) is 13.7. The minimum absolute atomic E-state index is 0.0306. The predicted molar refractivity (Wildman–Crippen MR) is 152 cm³/mol. The highest BCUT2D eigenvalue weighted by molar-refractivity contribution is 7.80. The number of carbonyl (C=O) groups is 1. The highest BCUT2D eigenvalue weighted by Gasteiger charge is 2.41. The van der Waals surface area contributed by atoms with E-state index in [1.807, 2.05) is 54.0 Å². The van der Waals surface area contributed by atoms with Gasteiger partial charge in [0.1, 0.15) is 0 Å². The van der Waals surface area contributed by atoms with Gasteiger partial charge in [0.15, 0.2) is 10.2 Å². The molecule has 1 saturated heterocycles. The summed E-state index contributed by atoms with van der Waals surface area (Å²) in [5.41, 5.74) is 6.26. The zero-order valence-electron chi connectivity index (χ0n) is 21.1. The van der Waals surface area contributed by atoms with E-state index in [1.165, 1.54) is 0 Å². The number of aromatic nitrogens is 3. The number of nitrogens with zero attached hydrogens (tertiary/aromatic N) is 4. The number of amides is 1. The summed E-state index contributed by atoms with van der Waals surface area (Å²) in [4.78, 5) is 24.3. The van der Waals surface area contributed by atoms with Crippen LogP contribution in [0.1, 0.15) is 53.6 Å². The van der Waals surface area contributed by atoms with E-state index >= 15 is 0 Å². The fourth-order valence-corrected chi connectivity index (χ4v) is 6.16. The van der Waals surface area contributed by atoms with Gasteiger partial charge in [-0.2, -0.15) is 0 Å². The molecule has 190 valence electrons. The minimum Gasteiger partial charge on any atom is -0.352 e. The highest BCUT2D eigenvalue weighted by Crippen LogP contribution is 2.41. The molecule has 0 radical (unpaired) electrons. The second-order valence-electron chi connectivity index (χ2n) is 9.11. The summed E-state index contributed by atoms with van der Waals surface area (Å²) >= 11 is 7.43. The van der Waals surface area contributed by atoms with Gasteiger partial charge in [-0.05, 0) is 67.9 Å². The summed E-state index contributed by atoms with van der Waals surface area (Å²) in [6.07, 6.45) is 4.80. The molecule has 2 N–H and O–H groups in total. The number of benzene rings is 1. The number of thiazole rings is 1. The zero-order valence-corrected chi connectivity index (χ0v) is 22.8. The second-order valence-corrected chi connectivity index (χ2v) is 10.4. The molecular weight excluding hydrogens is 500 g/mol. The van der Waals surface area contributed by atoms with Crippen molar-refractivity contribution < 1.29 is 4.79 Å². The molecule has 7 nitrogen and oxygen atoms in total. The molecule has 1 aromatic carbocycles. The van der Waals surface area contributed by atoms with E-state index in [4.69, 9.17) is 12.2 Å². The fraction of sp³-hybridized carbons (Fsp3) is 0.286. The second kappa shape index (κ2) is 10.8. The Labute approximate surface area is 226 Å². The van der Waals surface area contributed by atoms with Crippen molar-refractivity contribution in [3.8, 4) is 5.13 Å². The molecule has 1 aliphatic heterocycles. The Bertz CT molecular complexity index is 1400. The number of hydrogen-bond acceptors (Lipinski definition) is 5. The summed E-state index contributed by atoms with van der Waals surface area (Å²) in [5, 5.41) is 10.1. The number of nitrogens with one attached hydrogen (secondary N) is 2. The first-order valence-electron chi connectivity index (χ1n) is 12.4. The van der Waals surface area contributed by atoms with E-state index in [0.717, 1.165) is 45.4 Å². The van der Waals surface area contributed by atoms with Crippen LogP contribution >= 0.6 is 23.6 Å². The van der Waals surface area contributed by atoms with Crippen LogP contribution in [0.15, 0.2) is 66.3 Å². The number of carbonyl (C=O) groups excluding carboxylic acids is 1. The third-order valence-corrected chi connectivity index (χ3v) is 7.96. The largest absolute Gasteiger partial charge is 0.352 e. The van der Waals surface area contributed by atoms with Gasteiger partial charge in [-0.1, -0.05) is 31.2 Å². The predicted octanol–water partition coefficient (Wildman–Crippen LogP) is 5.51. The summed E-state index contributed by atoms with van der Waals surface area (Å²) in [6.45, 7) is 6.79. The van der Waals surface area contributed by atoms with Crippen LogP contribution in [0.2, 0.25) is 0 Å². The van der Waals surface area contributed by atoms with Gasteiger partial charge in [0, 0.05) is 47.8 Å². The molecule has 0 saturated carbocycles. The lowest BCUT2D eigenvalue weighted by Crippen LogP contribution is -2.33. The molecule has 1 fully saturated rings. The van der Waals surface area contributed by atoms with E-state index in [-0.39, 0.29) is 18.0 Å². The van der Waals surface area contributed by atoms with Crippen LogP contribution in [0.3, 0.4) is 0 Å². The molecular formula is C28H30N6OS2. The fourth-order valence-electron chi connectivity index (χ4n) is 5.08. The Balaban J connectivity index is 1.44. The summed E-state index contributed by atoms with van der Waals surface area (Å²) in [5.74, 6) is -0.0306. The van der Waals surface area contributed by atoms with Gasteiger partial charge in [-0.25, -0.2) is 4.98 Å². The van der Waals surface area contributed by atoms with Crippen LogP contribution in [0.25, 0.3) is 5.13 Å². The van der Waals surface area contributed by atoms with Gasteiger partial charge in [-0.3, -0.25) is 14.3 Å². The van der Waals surface area contributed by atoms with Crippen molar-refractivity contribution in [3.05, 3.63) is 94.5 Å². The molecule has 4 heterocycles. The van der Waals surface area contributed by atoms with E-state index < -0.39 is 0 Å². The van der Waals surface area contributed by atoms with Crippen LogP contribution in [0.4, 0.5) is 5.69 Å². The number of aryl methyl sites for hydroxylation is 2. The molecule has 9 heteroatoms. The summed E-state index contributed by atoms with van der Waals surface area (Å²) in [7, 11) is 0. The van der Waals surface area contributed by atoms with Gasteiger partial charge in [-0.15, -0.1) is 11.3 Å². The van der Waals surface area contributed by atoms with Gasteiger partial charge in [0.2, 0.25) is 5.91 Å². The van der Waals surface area contributed by atoms with Crippen molar-refractivity contribution in [2.75, 3.05) is 11.9 Å². The van der Waals surface area contributed by atoms with E-state index in [0.29, 0.717) is 18.1 Å². The Hall–Kier alpha value is -3.56. The van der Waals surface area contributed by atoms with Gasteiger partial charge >= 0.3 is 0 Å². The Morgan fingerprint density at radius 1 is 1.14 bits per heavy atom. The molecule has 0 aliphatic carbocycles. The number of rotatable bonds is 8. The molecule has 0 bridgehead atoms. The number of thiocarbonyl (C=S) groups is 1. The number of anilines is 1. The maximum absolute atomic E-state index is 13.0. The summed E-state index contributed by atoms with van der Waals surface area (Å²) in [6, 6.07) is 15.8. The standard InChI is InChI=1S/C28H30N6OS2/c1-4-20-9-5-6-10-22(20)31-24(35)12-15-33-26(25(32-27(33)36)23-11-7-8-13-29-23)21-17-18(2)34(19(21)3)28-30-14-16-37-28/h5-11,13-14,16-17,25-26H,4,12,15H2,1-3H3,(H,31,35)(H,32,36)/t25-,26-/m1/s1. The molecule has 4 aromatic rings. The van der Waals surface area contributed by atoms with Crippen molar-refractivity contribution in [3.63, 3.8) is 0 Å². The van der Waals surface area contributed by atoms with Crippen molar-refractivity contribution in [2.24, 2.45) is 0 Å². The first kappa shape index (κ1) is 25.1. The van der Waals surface area contributed by atoms with Gasteiger partial charge in [0.25, 0.3) is 0 Å². The normalized spacial score (nSPS) is 17.2. The smallest absolute Gasteiger partial charge is 0.226 e. The van der Waals surface area contributed by atoms with E-state index in [2.05, 4.69) is 56.9 Å². The van der Waals surface area contributed by atoms with Crippen LogP contribution < -0.4 is 10.6 Å². The zero-order chi connectivity index (χ0) is 25.9. The van der Waals surface area contributed by atoms with Crippen LogP contribution in [0.5, 0.6) is 0 Å². The topological polar surface area (TPSA) is 75.1 Å². The quantitative estimate of drug-likeness (QED) is 0.293. The Kier molecular flexibility index (Phi) is 7.34. The molecule has 37 heavy (non-hydrogen) atoms. The summed E-state index contributed by atoms with van der Waals surface area (Å²) < 4.78 is 2.18. The molecule has 2 atom stereocenters. The Morgan fingerprint density at radius 2 is 1.95 bits per heavy atom. The van der Waals surface area contributed by atoms with Gasteiger partial charge < -0.3 is 15.5 Å². The van der Waals surface area contributed by atoms with Gasteiger partial charge in [0.05, 0.1) is 17.8 Å². The van der Waals surface area contributed by atoms with Crippen LogP contribution in [-0.2, 0) is 11.2 Å². The average Bonchev–Trinajstić information content (AvgIpc) is 3.61. The SMILES string of the molecule is CCc1ccccc1NC(=O)CCN1C(=S)N[C@H](c2ccccn2)[C@H]1c1cc(C)n(-c2nccs2)c1C. The lowest BCUT2D eigenvalue weighted by atomic mass is 9.96. The monoisotopic (exact) mass is 530 g/mol. The lowest BCUT2D eigenvalue weighted by Gasteiger charge is -2.28. The number of pyridine rings is 1. The number of para-hydroxylation sites is 1. The first-order chi connectivity index (χ1) is 18.0. The molecule has 5 rings (SSSR count). The van der Waals surface area contributed by atoms with Crippen molar-refractivity contribution in [1.29, 1.82) is 0 Å². The molecule has 1 aliphatic rings. The molecule has 3 aromatic heterocycles. The van der Waals surface area contributed by atoms with Crippen molar-refractivity contribution >= 4 is 40.3 Å². The van der Waals surface area contributed by atoms with Crippen LogP contribution in [-0.4, -0.2) is 37.0 Å². The Morgan fingerprint density at radius 3 is 2.68 bits per heavy atom. The minimum atomic E-state index is -0.136.